The fourth-order valence-electron chi connectivity index (χ4n) is 1.31. The van der Waals surface area contributed by atoms with Gasteiger partial charge in [-0.1, -0.05) is 16.6 Å². The summed E-state index contributed by atoms with van der Waals surface area (Å²) in [4.78, 5) is 0.947. The second-order valence-corrected chi connectivity index (χ2v) is 3.89. The number of ether oxygens (including phenoxy) is 1. The second-order valence-electron chi connectivity index (χ2n) is 3.07. The first-order valence-corrected chi connectivity index (χ1v) is 5.25. The van der Waals surface area contributed by atoms with E-state index >= 15 is 0 Å². The number of hydrogen-bond acceptors (Lipinski definition) is 5. The summed E-state index contributed by atoms with van der Waals surface area (Å²) in [5.41, 5.74) is 7.06. The lowest BCUT2D eigenvalue weighted by Gasteiger charge is -2.09. The average molecular weight is 221 g/mol. The molecule has 2 aromatic rings. The number of benzene rings is 1. The maximum Gasteiger partial charge on any atom is 0.119 e. The zero-order valence-electron chi connectivity index (χ0n) is 8.25. The van der Waals surface area contributed by atoms with Gasteiger partial charge >= 0.3 is 0 Å². The third-order valence-electron chi connectivity index (χ3n) is 2.14. The smallest absolute Gasteiger partial charge is 0.119 e. The molecule has 1 atom stereocenters. The third-order valence-corrected chi connectivity index (χ3v) is 2.88. The van der Waals surface area contributed by atoms with Crippen molar-refractivity contribution >= 4 is 11.5 Å². The van der Waals surface area contributed by atoms with E-state index in [0.717, 1.165) is 16.2 Å². The maximum atomic E-state index is 6.06. The van der Waals surface area contributed by atoms with E-state index < -0.39 is 0 Å². The van der Waals surface area contributed by atoms with Gasteiger partial charge in [0.15, 0.2) is 0 Å². The molecule has 0 saturated carbocycles. The van der Waals surface area contributed by atoms with E-state index in [9.17, 15) is 0 Å². The molecule has 1 aromatic heterocycles. The van der Waals surface area contributed by atoms with E-state index in [-0.39, 0.29) is 6.04 Å². The van der Waals surface area contributed by atoms with Crippen LogP contribution in [0.3, 0.4) is 0 Å². The number of aromatic nitrogens is 2. The van der Waals surface area contributed by atoms with Crippen molar-refractivity contribution < 1.29 is 4.74 Å². The van der Waals surface area contributed by atoms with Crippen LogP contribution in [-0.4, -0.2) is 16.7 Å². The van der Waals surface area contributed by atoms with Gasteiger partial charge in [-0.3, -0.25) is 0 Å². The van der Waals surface area contributed by atoms with Gasteiger partial charge in [-0.05, 0) is 29.2 Å². The molecule has 1 heterocycles. The normalized spacial score (nSPS) is 12.4. The number of methoxy groups -OCH3 is 1. The first kappa shape index (κ1) is 10.1. The summed E-state index contributed by atoms with van der Waals surface area (Å²) < 4.78 is 8.93. The zero-order valence-corrected chi connectivity index (χ0v) is 9.07. The zero-order chi connectivity index (χ0) is 10.7. The minimum absolute atomic E-state index is 0.180. The van der Waals surface area contributed by atoms with Crippen LogP contribution in [0.4, 0.5) is 0 Å². The molecule has 5 heteroatoms. The van der Waals surface area contributed by atoms with Crippen molar-refractivity contribution in [1.82, 2.24) is 9.59 Å². The van der Waals surface area contributed by atoms with Crippen molar-refractivity contribution in [3.05, 3.63) is 40.9 Å². The fourth-order valence-corrected chi connectivity index (χ4v) is 1.84. The molecule has 2 N–H and O–H groups in total. The minimum atomic E-state index is -0.180. The highest BCUT2D eigenvalue weighted by atomic mass is 32.1. The highest BCUT2D eigenvalue weighted by Gasteiger charge is 2.11. The molecule has 1 aromatic carbocycles. The Bertz CT molecular complexity index is 430. The predicted molar refractivity (Wildman–Crippen MR) is 58.9 cm³/mol. The lowest BCUT2D eigenvalue weighted by atomic mass is 10.1. The van der Waals surface area contributed by atoms with Crippen LogP contribution in [-0.2, 0) is 0 Å². The first-order valence-electron chi connectivity index (χ1n) is 4.48. The van der Waals surface area contributed by atoms with Crippen molar-refractivity contribution in [2.24, 2.45) is 5.73 Å². The quantitative estimate of drug-likeness (QED) is 0.855. The lowest BCUT2D eigenvalue weighted by molar-refractivity contribution is 0.414. The van der Waals surface area contributed by atoms with E-state index in [0.29, 0.717) is 0 Å². The van der Waals surface area contributed by atoms with Crippen LogP contribution in [0.15, 0.2) is 30.5 Å². The van der Waals surface area contributed by atoms with Gasteiger partial charge in [-0.2, -0.15) is 0 Å². The number of hydrogen-bond donors (Lipinski definition) is 1. The van der Waals surface area contributed by atoms with Gasteiger partial charge in [0, 0.05) is 0 Å². The summed E-state index contributed by atoms with van der Waals surface area (Å²) in [7, 11) is 1.64. The van der Waals surface area contributed by atoms with Crippen LogP contribution in [0, 0.1) is 0 Å². The lowest BCUT2D eigenvalue weighted by Crippen LogP contribution is -2.10. The Labute approximate surface area is 91.9 Å². The highest BCUT2D eigenvalue weighted by molar-refractivity contribution is 7.05. The first-order chi connectivity index (χ1) is 7.31. The molecule has 4 nitrogen and oxygen atoms in total. The van der Waals surface area contributed by atoms with Gasteiger partial charge < -0.3 is 10.5 Å². The molecule has 0 fully saturated rings. The summed E-state index contributed by atoms with van der Waals surface area (Å²) in [6.07, 6.45) is 1.69. The van der Waals surface area contributed by atoms with Crippen LogP contribution in [0.1, 0.15) is 16.5 Å². The topological polar surface area (TPSA) is 61.0 Å². The second kappa shape index (κ2) is 4.37. The van der Waals surface area contributed by atoms with Gasteiger partial charge in [0.05, 0.1) is 24.2 Å². The van der Waals surface area contributed by atoms with Crippen LogP contribution in [0.25, 0.3) is 0 Å². The SMILES string of the molecule is COc1cccc(C(N)c2cnns2)c1. The van der Waals surface area contributed by atoms with Gasteiger partial charge in [0.25, 0.3) is 0 Å². The Hall–Kier alpha value is -1.46. The van der Waals surface area contributed by atoms with E-state index in [2.05, 4.69) is 9.59 Å². The monoisotopic (exact) mass is 221 g/mol. The van der Waals surface area contributed by atoms with Crippen molar-refractivity contribution in [2.45, 2.75) is 6.04 Å². The largest absolute Gasteiger partial charge is 0.497 e. The van der Waals surface area contributed by atoms with Crippen molar-refractivity contribution in [3.63, 3.8) is 0 Å². The molecule has 0 bridgehead atoms. The Kier molecular flexibility index (Phi) is 2.94. The summed E-state index contributed by atoms with van der Waals surface area (Å²) in [6, 6.07) is 7.51. The molecule has 0 saturated heterocycles. The summed E-state index contributed by atoms with van der Waals surface area (Å²) in [6.45, 7) is 0. The molecule has 1 unspecified atom stereocenters. The van der Waals surface area contributed by atoms with E-state index in [1.54, 1.807) is 13.3 Å². The molecule has 0 aliphatic carbocycles. The Balaban J connectivity index is 2.29. The average Bonchev–Trinajstić information content (AvgIpc) is 2.81. The minimum Gasteiger partial charge on any atom is -0.497 e. The molecular weight excluding hydrogens is 210 g/mol. The van der Waals surface area contributed by atoms with Crippen molar-refractivity contribution in [1.29, 1.82) is 0 Å². The maximum absolute atomic E-state index is 6.06. The van der Waals surface area contributed by atoms with Gasteiger partial charge in [-0.25, -0.2) is 0 Å². The number of nitrogens with zero attached hydrogens (tertiary/aromatic N) is 2. The molecule has 0 amide bonds. The molecule has 0 aliphatic heterocycles. The van der Waals surface area contributed by atoms with Crippen LogP contribution < -0.4 is 10.5 Å². The number of rotatable bonds is 3. The molecule has 2 rings (SSSR count). The molecule has 15 heavy (non-hydrogen) atoms. The van der Waals surface area contributed by atoms with Crippen LogP contribution >= 0.6 is 11.5 Å². The summed E-state index contributed by atoms with van der Waals surface area (Å²) in [5.74, 6) is 0.806. The van der Waals surface area contributed by atoms with Crippen LogP contribution in [0.2, 0.25) is 0 Å². The fraction of sp³-hybridized carbons (Fsp3) is 0.200. The van der Waals surface area contributed by atoms with Gasteiger partial charge in [0.2, 0.25) is 0 Å². The van der Waals surface area contributed by atoms with Crippen molar-refractivity contribution in [3.8, 4) is 5.75 Å². The standard InChI is InChI=1S/C10H11N3OS/c1-14-8-4-2-3-7(5-8)10(11)9-6-12-13-15-9/h2-6,10H,11H2,1H3. The number of nitrogens with two attached hydrogens (primary N) is 1. The molecule has 0 radical (unpaired) electrons. The summed E-state index contributed by atoms with van der Waals surface area (Å²) >= 11 is 1.31. The van der Waals surface area contributed by atoms with Crippen molar-refractivity contribution in [2.75, 3.05) is 7.11 Å². The van der Waals surface area contributed by atoms with Gasteiger partial charge in [0.1, 0.15) is 5.75 Å². The summed E-state index contributed by atoms with van der Waals surface area (Å²) in [5, 5.41) is 3.77. The molecule has 78 valence electrons. The Morgan fingerprint density at radius 3 is 3.00 bits per heavy atom. The highest BCUT2D eigenvalue weighted by Crippen LogP contribution is 2.24. The Morgan fingerprint density at radius 1 is 1.47 bits per heavy atom. The molecule has 0 aliphatic rings. The molecular formula is C10H11N3OS. The van der Waals surface area contributed by atoms with E-state index in [1.807, 2.05) is 24.3 Å². The molecule has 0 spiro atoms. The van der Waals surface area contributed by atoms with Crippen LogP contribution in [0.5, 0.6) is 5.75 Å². The predicted octanol–water partition coefficient (Wildman–Crippen LogP) is 1.59. The third kappa shape index (κ3) is 2.14. The van der Waals surface area contributed by atoms with E-state index in [4.69, 9.17) is 10.5 Å². The van der Waals surface area contributed by atoms with Gasteiger partial charge in [-0.15, -0.1) is 5.10 Å². The Morgan fingerprint density at radius 2 is 2.33 bits per heavy atom. The van der Waals surface area contributed by atoms with E-state index in [1.165, 1.54) is 11.5 Å².